The minimum absolute atomic E-state index is 0.168. The fraction of sp³-hybridized carbons (Fsp3) is 0.818. The molecule has 0 aromatic rings. The van der Waals surface area contributed by atoms with E-state index in [1.54, 1.807) is 0 Å². The zero-order valence-corrected chi connectivity index (χ0v) is 8.96. The Kier molecular flexibility index (Phi) is 4.49. The average molecular weight is 178 g/mol. The van der Waals surface area contributed by atoms with E-state index in [2.05, 4.69) is 23.5 Å². The molecule has 0 heterocycles. The Morgan fingerprint density at radius 3 is 2.00 bits per heavy atom. The SMILES string of the molecule is [C-]#[N+]C([N+]#[C-])C(C)(C)CC(C)CC. The Balaban J connectivity index is 4.40. The molecule has 0 saturated heterocycles. The van der Waals surface area contributed by atoms with Crippen LogP contribution in [0.5, 0.6) is 0 Å². The van der Waals surface area contributed by atoms with E-state index in [1.165, 1.54) is 0 Å². The van der Waals surface area contributed by atoms with Crippen molar-refractivity contribution in [3.05, 3.63) is 22.8 Å². The molecule has 1 unspecified atom stereocenters. The second-order valence-electron chi connectivity index (χ2n) is 4.34. The first kappa shape index (κ1) is 12.0. The first-order valence-electron chi connectivity index (χ1n) is 4.71. The summed E-state index contributed by atoms with van der Waals surface area (Å²) in [5.74, 6) is 0.598. The quantitative estimate of drug-likeness (QED) is 0.581. The molecule has 0 bridgehead atoms. The third-order valence-electron chi connectivity index (χ3n) is 2.52. The Morgan fingerprint density at radius 2 is 1.69 bits per heavy atom. The van der Waals surface area contributed by atoms with Crippen molar-refractivity contribution >= 4 is 0 Å². The van der Waals surface area contributed by atoms with Crippen molar-refractivity contribution in [3.8, 4) is 0 Å². The Labute approximate surface area is 81.6 Å². The first-order chi connectivity index (χ1) is 5.97. The van der Waals surface area contributed by atoms with Crippen molar-refractivity contribution in [2.45, 2.75) is 46.7 Å². The molecule has 0 aliphatic rings. The van der Waals surface area contributed by atoms with Crippen molar-refractivity contribution in [2.24, 2.45) is 11.3 Å². The lowest BCUT2D eigenvalue weighted by atomic mass is 9.80. The molecule has 0 rings (SSSR count). The van der Waals surface area contributed by atoms with Crippen molar-refractivity contribution in [2.75, 3.05) is 0 Å². The van der Waals surface area contributed by atoms with Gasteiger partial charge in [0.2, 0.25) is 0 Å². The van der Waals surface area contributed by atoms with Gasteiger partial charge in [0.25, 0.3) is 0 Å². The standard InChI is InChI=1S/C11H18N2/c1-7-9(2)8-11(3,4)10(12-5)13-6/h9-10H,7-8H2,1-4H3. The van der Waals surface area contributed by atoms with E-state index in [-0.39, 0.29) is 5.41 Å². The van der Waals surface area contributed by atoms with Crippen LogP contribution >= 0.6 is 0 Å². The lowest BCUT2D eigenvalue weighted by molar-refractivity contribution is 0.264. The van der Waals surface area contributed by atoms with Gasteiger partial charge >= 0.3 is 6.17 Å². The lowest BCUT2D eigenvalue weighted by Gasteiger charge is -2.21. The van der Waals surface area contributed by atoms with Crippen molar-refractivity contribution in [1.29, 1.82) is 0 Å². The summed E-state index contributed by atoms with van der Waals surface area (Å²) in [7, 11) is 0. The minimum atomic E-state index is -0.513. The maximum Gasteiger partial charge on any atom is 0.479 e. The molecule has 0 aromatic carbocycles. The van der Waals surface area contributed by atoms with Gasteiger partial charge in [-0.2, -0.15) is 0 Å². The van der Waals surface area contributed by atoms with E-state index in [0.717, 1.165) is 12.8 Å². The van der Waals surface area contributed by atoms with E-state index < -0.39 is 6.17 Å². The molecule has 72 valence electrons. The average Bonchev–Trinajstić information content (AvgIpc) is 2.05. The molecule has 0 aliphatic carbocycles. The highest BCUT2D eigenvalue weighted by Gasteiger charge is 2.40. The summed E-state index contributed by atoms with van der Waals surface area (Å²) in [6.07, 6.45) is 1.56. The van der Waals surface area contributed by atoms with Gasteiger partial charge in [0.05, 0.1) is 0 Å². The molecular weight excluding hydrogens is 160 g/mol. The van der Waals surface area contributed by atoms with Crippen LogP contribution < -0.4 is 0 Å². The van der Waals surface area contributed by atoms with Gasteiger partial charge in [-0.3, -0.25) is 0 Å². The third kappa shape index (κ3) is 3.47. The normalized spacial score (nSPS) is 13.5. The largest absolute Gasteiger partial charge is 0.479 e. The van der Waals surface area contributed by atoms with Gasteiger partial charge in [-0.15, -0.1) is 0 Å². The highest BCUT2D eigenvalue weighted by molar-refractivity contribution is 4.98. The van der Waals surface area contributed by atoms with Gasteiger partial charge in [-0.05, 0) is 26.2 Å². The Hall–Kier alpha value is -1.02. The Morgan fingerprint density at radius 1 is 1.23 bits per heavy atom. The van der Waals surface area contributed by atoms with Crippen molar-refractivity contribution < 1.29 is 0 Å². The van der Waals surface area contributed by atoms with Crippen LogP contribution in [0.4, 0.5) is 0 Å². The maximum absolute atomic E-state index is 6.93. The zero-order valence-electron chi connectivity index (χ0n) is 8.96. The van der Waals surface area contributed by atoms with E-state index in [4.69, 9.17) is 13.1 Å². The molecule has 1 atom stereocenters. The van der Waals surface area contributed by atoms with E-state index in [1.807, 2.05) is 13.8 Å². The van der Waals surface area contributed by atoms with Crippen LogP contribution in [-0.4, -0.2) is 6.17 Å². The second-order valence-corrected chi connectivity index (χ2v) is 4.34. The minimum Gasteiger partial charge on any atom is -0.233 e. The first-order valence-corrected chi connectivity index (χ1v) is 4.71. The number of nitrogens with zero attached hydrogens (tertiary/aromatic N) is 2. The third-order valence-corrected chi connectivity index (χ3v) is 2.52. The molecule has 2 heteroatoms. The van der Waals surface area contributed by atoms with Crippen LogP contribution in [0.25, 0.3) is 9.69 Å². The number of hydrogen-bond donors (Lipinski definition) is 0. The molecule has 0 aromatic heterocycles. The van der Waals surface area contributed by atoms with Gasteiger partial charge < -0.3 is 0 Å². The number of hydrogen-bond acceptors (Lipinski definition) is 0. The summed E-state index contributed by atoms with van der Waals surface area (Å²) in [6.45, 7) is 22.2. The molecular formula is C11H18N2. The van der Waals surface area contributed by atoms with E-state index in [9.17, 15) is 0 Å². The lowest BCUT2D eigenvalue weighted by Crippen LogP contribution is -2.26. The zero-order chi connectivity index (χ0) is 10.5. The van der Waals surface area contributed by atoms with Crippen LogP contribution in [-0.2, 0) is 0 Å². The fourth-order valence-corrected chi connectivity index (χ4v) is 1.53. The maximum atomic E-state index is 6.93. The van der Waals surface area contributed by atoms with Crippen LogP contribution in [0.2, 0.25) is 0 Å². The molecule has 13 heavy (non-hydrogen) atoms. The molecule has 0 spiro atoms. The molecule has 0 aliphatic heterocycles. The molecule has 0 saturated carbocycles. The summed E-state index contributed by atoms with van der Waals surface area (Å²) in [5.41, 5.74) is -0.168. The molecule has 0 N–H and O–H groups in total. The highest BCUT2D eigenvalue weighted by Crippen LogP contribution is 2.33. The molecule has 0 amide bonds. The van der Waals surface area contributed by atoms with Gasteiger partial charge in [-0.1, -0.05) is 20.3 Å². The smallest absolute Gasteiger partial charge is 0.233 e. The Bertz CT molecular complexity index is 215. The van der Waals surface area contributed by atoms with Crippen molar-refractivity contribution in [3.63, 3.8) is 0 Å². The second kappa shape index (κ2) is 4.87. The monoisotopic (exact) mass is 178 g/mol. The van der Waals surface area contributed by atoms with Crippen LogP contribution in [0.15, 0.2) is 0 Å². The predicted molar refractivity (Wildman–Crippen MR) is 54.8 cm³/mol. The van der Waals surface area contributed by atoms with E-state index >= 15 is 0 Å². The highest BCUT2D eigenvalue weighted by atomic mass is 15.0. The van der Waals surface area contributed by atoms with Crippen LogP contribution in [0, 0.1) is 24.5 Å². The fourth-order valence-electron chi connectivity index (χ4n) is 1.53. The van der Waals surface area contributed by atoms with Gasteiger partial charge in [0, 0.05) is 0 Å². The molecule has 2 nitrogen and oxygen atoms in total. The van der Waals surface area contributed by atoms with Gasteiger partial charge in [0.1, 0.15) is 5.41 Å². The summed E-state index contributed by atoms with van der Waals surface area (Å²) < 4.78 is 0. The summed E-state index contributed by atoms with van der Waals surface area (Å²) in [4.78, 5) is 6.72. The van der Waals surface area contributed by atoms with Gasteiger partial charge in [-0.25, -0.2) is 22.8 Å². The van der Waals surface area contributed by atoms with Crippen LogP contribution in [0.3, 0.4) is 0 Å². The number of rotatable bonds is 4. The topological polar surface area (TPSA) is 8.72 Å². The molecule has 0 radical (unpaired) electrons. The summed E-state index contributed by atoms with van der Waals surface area (Å²) in [6, 6.07) is 0. The predicted octanol–water partition coefficient (Wildman–Crippen LogP) is 3.61. The van der Waals surface area contributed by atoms with Gasteiger partial charge in [0.15, 0.2) is 0 Å². The summed E-state index contributed by atoms with van der Waals surface area (Å²) >= 11 is 0. The van der Waals surface area contributed by atoms with E-state index in [0.29, 0.717) is 5.92 Å². The molecule has 0 fully saturated rings. The van der Waals surface area contributed by atoms with Crippen LogP contribution in [0.1, 0.15) is 40.5 Å². The summed E-state index contributed by atoms with van der Waals surface area (Å²) in [5, 5.41) is 0. The van der Waals surface area contributed by atoms with Crippen molar-refractivity contribution in [1.82, 2.24) is 0 Å².